The Hall–Kier alpha value is -1.32. The summed E-state index contributed by atoms with van der Waals surface area (Å²) in [5.41, 5.74) is 1.72. The van der Waals surface area contributed by atoms with Crippen LogP contribution in [-0.2, 0) is 11.3 Å². The topological polar surface area (TPSA) is 55.1 Å². The van der Waals surface area contributed by atoms with Crippen LogP contribution in [0.3, 0.4) is 0 Å². The number of hydrogen-bond donors (Lipinski definition) is 1. The molecule has 0 radical (unpaired) electrons. The number of carboxylic acid groups (broad SMARTS) is 1. The van der Waals surface area contributed by atoms with Crippen molar-refractivity contribution in [1.82, 2.24) is 9.55 Å². The maximum absolute atomic E-state index is 10.8. The Morgan fingerprint density at radius 1 is 1.83 bits per heavy atom. The van der Waals surface area contributed by atoms with E-state index >= 15 is 0 Å². The second kappa shape index (κ2) is 2.33. The Morgan fingerprint density at radius 3 is 3.25 bits per heavy atom. The molecule has 1 aliphatic heterocycles. The van der Waals surface area contributed by atoms with E-state index in [4.69, 9.17) is 5.11 Å². The van der Waals surface area contributed by atoms with Gasteiger partial charge >= 0.3 is 5.97 Å². The molecule has 0 amide bonds. The summed E-state index contributed by atoms with van der Waals surface area (Å²) in [5.74, 6) is -1.08. The number of carboxylic acids is 1. The molecule has 2 rings (SSSR count). The minimum absolute atomic E-state index is 0.340. The molecule has 1 N–H and O–H groups in total. The minimum Gasteiger partial charge on any atom is -0.481 e. The van der Waals surface area contributed by atoms with Crippen LogP contribution in [0.15, 0.2) is 6.33 Å². The summed E-state index contributed by atoms with van der Waals surface area (Å²) >= 11 is 0. The first kappa shape index (κ1) is 7.34. The highest BCUT2D eigenvalue weighted by Gasteiger charge is 2.30. The van der Waals surface area contributed by atoms with E-state index in [1.54, 1.807) is 6.33 Å². The molecule has 64 valence electrons. The normalized spacial score (nSPS) is 20.9. The summed E-state index contributed by atoms with van der Waals surface area (Å²) in [6.07, 6.45) is 2.42. The van der Waals surface area contributed by atoms with Gasteiger partial charge in [0.15, 0.2) is 0 Å². The smallest absolute Gasteiger partial charge is 0.312 e. The number of aryl methyl sites for hydroxylation is 2. The summed E-state index contributed by atoms with van der Waals surface area (Å²) in [5, 5.41) is 8.86. The molecule has 4 nitrogen and oxygen atoms in total. The van der Waals surface area contributed by atoms with E-state index in [0.717, 1.165) is 17.9 Å². The zero-order chi connectivity index (χ0) is 8.72. The predicted molar refractivity (Wildman–Crippen MR) is 42.0 cm³/mol. The Bertz CT molecular complexity index is 330. The lowest BCUT2D eigenvalue weighted by molar-refractivity contribution is -0.138. The van der Waals surface area contributed by atoms with Gasteiger partial charge in [0.1, 0.15) is 5.92 Å². The maximum Gasteiger partial charge on any atom is 0.312 e. The molecule has 4 heteroatoms. The molecule has 1 atom stereocenters. The SMILES string of the molecule is Cc1ncn2c1C(C(=O)O)CC2. The van der Waals surface area contributed by atoms with Crippen LogP contribution in [-0.4, -0.2) is 20.6 Å². The fourth-order valence-electron chi connectivity index (χ4n) is 1.77. The first-order valence-electron chi connectivity index (χ1n) is 3.94. The van der Waals surface area contributed by atoms with Crippen molar-refractivity contribution in [2.24, 2.45) is 0 Å². The van der Waals surface area contributed by atoms with E-state index in [-0.39, 0.29) is 5.92 Å². The third-order valence-corrected chi connectivity index (χ3v) is 2.36. The largest absolute Gasteiger partial charge is 0.481 e. The third-order valence-electron chi connectivity index (χ3n) is 2.36. The Balaban J connectivity index is 2.46. The summed E-state index contributed by atoms with van der Waals surface area (Å²) in [6, 6.07) is 0. The van der Waals surface area contributed by atoms with Crippen molar-refractivity contribution < 1.29 is 9.90 Å². The zero-order valence-corrected chi connectivity index (χ0v) is 6.82. The fourth-order valence-corrected chi connectivity index (χ4v) is 1.77. The molecular weight excluding hydrogens is 156 g/mol. The molecule has 0 bridgehead atoms. The number of rotatable bonds is 1. The number of nitrogens with zero attached hydrogens (tertiary/aromatic N) is 2. The van der Waals surface area contributed by atoms with Gasteiger partial charge in [-0.05, 0) is 13.3 Å². The predicted octanol–water partition coefficient (Wildman–Crippen LogP) is 0.763. The number of aromatic nitrogens is 2. The van der Waals surface area contributed by atoms with Crippen LogP contribution >= 0.6 is 0 Å². The quantitative estimate of drug-likeness (QED) is 0.670. The molecular formula is C8H10N2O2. The second-order valence-corrected chi connectivity index (χ2v) is 3.09. The number of hydrogen-bond acceptors (Lipinski definition) is 2. The van der Waals surface area contributed by atoms with Gasteiger partial charge in [0, 0.05) is 6.54 Å². The number of aliphatic carboxylic acids is 1. The summed E-state index contributed by atoms with van der Waals surface area (Å²) in [7, 11) is 0. The zero-order valence-electron chi connectivity index (χ0n) is 6.82. The highest BCUT2D eigenvalue weighted by Crippen LogP contribution is 2.29. The molecule has 1 aromatic rings. The van der Waals surface area contributed by atoms with Gasteiger partial charge in [0.05, 0.1) is 17.7 Å². The first-order chi connectivity index (χ1) is 5.70. The second-order valence-electron chi connectivity index (χ2n) is 3.09. The lowest BCUT2D eigenvalue weighted by atomic mass is 10.0. The van der Waals surface area contributed by atoms with Crippen molar-refractivity contribution in [2.75, 3.05) is 0 Å². The van der Waals surface area contributed by atoms with Crippen molar-refractivity contribution in [1.29, 1.82) is 0 Å². The first-order valence-corrected chi connectivity index (χ1v) is 3.94. The van der Waals surface area contributed by atoms with Gasteiger partial charge in [-0.3, -0.25) is 4.79 Å². The Labute approximate surface area is 69.8 Å². The van der Waals surface area contributed by atoms with Crippen molar-refractivity contribution >= 4 is 5.97 Å². The molecule has 0 aromatic carbocycles. The standard InChI is InChI=1S/C8H10N2O2/c1-5-7-6(8(11)12)2-3-10(7)4-9-5/h4,6H,2-3H2,1H3,(H,11,12). The lowest BCUT2D eigenvalue weighted by Crippen LogP contribution is -2.09. The van der Waals surface area contributed by atoms with Gasteiger partial charge in [-0.1, -0.05) is 0 Å². The van der Waals surface area contributed by atoms with E-state index in [1.165, 1.54) is 0 Å². The lowest BCUT2D eigenvalue weighted by Gasteiger charge is -2.02. The van der Waals surface area contributed by atoms with Crippen molar-refractivity contribution in [3.8, 4) is 0 Å². The van der Waals surface area contributed by atoms with Gasteiger partial charge in [-0.2, -0.15) is 0 Å². The van der Waals surface area contributed by atoms with Crippen LogP contribution in [0.5, 0.6) is 0 Å². The van der Waals surface area contributed by atoms with E-state index in [0.29, 0.717) is 6.42 Å². The molecule has 0 spiro atoms. The summed E-state index contributed by atoms with van der Waals surface area (Å²) in [6.45, 7) is 2.64. The molecule has 0 aliphatic carbocycles. The molecule has 2 heterocycles. The molecule has 1 aromatic heterocycles. The third kappa shape index (κ3) is 0.841. The molecule has 0 saturated heterocycles. The number of fused-ring (bicyclic) bond motifs is 1. The van der Waals surface area contributed by atoms with Gasteiger partial charge in [-0.15, -0.1) is 0 Å². The summed E-state index contributed by atoms with van der Waals surface area (Å²) in [4.78, 5) is 14.8. The average molecular weight is 166 g/mol. The van der Waals surface area contributed by atoms with Crippen molar-refractivity contribution in [3.63, 3.8) is 0 Å². The molecule has 1 aliphatic rings. The molecule has 1 unspecified atom stereocenters. The van der Waals surface area contributed by atoms with E-state index in [9.17, 15) is 4.79 Å². The van der Waals surface area contributed by atoms with E-state index in [1.807, 2.05) is 11.5 Å². The van der Waals surface area contributed by atoms with E-state index in [2.05, 4.69) is 4.98 Å². The highest BCUT2D eigenvalue weighted by atomic mass is 16.4. The van der Waals surface area contributed by atoms with Gasteiger partial charge in [-0.25, -0.2) is 4.98 Å². The van der Waals surface area contributed by atoms with Crippen molar-refractivity contribution in [2.45, 2.75) is 25.8 Å². The van der Waals surface area contributed by atoms with Crippen molar-refractivity contribution in [3.05, 3.63) is 17.7 Å². The number of carbonyl (C=O) groups is 1. The van der Waals surface area contributed by atoms with Crippen LogP contribution in [0.2, 0.25) is 0 Å². The minimum atomic E-state index is -0.739. The molecule has 0 saturated carbocycles. The summed E-state index contributed by atoms with van der Waals surface area (Å²) < 4.78 is 1.92. The maximum atomic E-state index is 10.8. The van der Waals surface area contributed by atoms with E-state index < -0.39 is 5.97 Å². The monoisotopic (exact) mass is 166 g/mol. The average Bonchev–Trinajstić information content (AvgIpc) is 2.53. The van der Waals surface area contributed by atoms with Crippen LogP contribution in [0.25, 0.3) is 0 Å². The Kier molecular flexibility index (Phi) is 1.43. The van der Waals surface area contributed by atoms with Crippen LogP contribution in [0.1, 0.15) is 23.7 Å². The van der Waals surface area contributed by atoms with Crippen LogP contribution in [0.4, 0.5) is 0 Å². The molecule has 0 fully saturated rings. The van der Waals surface area contributed by atoms with Crippen LogP contribution in [0, 0.1) is 6.92 Å². The number of imidazole rings is 1. The van der Waals surface area contributed by atoms with Crippen LogP contribution < -0.4 is 0 Å². The van der Waals surface area contributed by atoms with Gasteiger partial charge in [0.25, 0.3) is 0 Å². The van der Waals surface area contributed by atoms with Gasteiger partial charge < -0.3 is 9.67 Å². The fraction of sp³-hybridized carbons (Fsp3) is 0.500. The highest BCUT2D eigenvalue weighted by molar-refractivity contribution is 5.76. The Morgan fingerprint density at radius 2 is 2.58 bits per heavy atom. The van der Waals surface area contributed by atoms with Gasteiger partial charge in [0.2, 0.25) is 0 Å². The molecule has 12 heavy (non-hydrogen) atoms.